The summed E-state index contributed by atoms with van der Waals surface area (Å²) < 4.78 is 5.81. The standard InChI is InChI=1S/C18H21N3O2/c1-13-10-15(20-12-19-13)11-23-17-9-5-4-8-16(17)18(22)21-14-6-2-3-7-14/h4-5,8-10,12,14H,2-3,6-7,11H2,1H3,(H,21,22). The molecule has 1 aromatic carbocycles. The van der Waals surface area contributed by atoms with Crippen molar-refractivity contribution in [1.29, 1.82) is 0 Å². The minimum Gasteiger partial charge on any atom is -0.486 e. The summed E-state index contributed by atoms with van der Waals surface area (Å²) in [5.74, 6) is 0.519. The van der Waals surface area contributed by atoms with E-state index in [2.05, 4.69) is 15.3 Å². The second-order valence-electron chi connectivity index (χ2n) is 5.89. The summed E-state index contributed by atoms with van der Waals surface area (Å²) >= 11 is 0. The van der Waals surface area contributed by atoms with E-state index < -0.39 is 0 Å². The maximum atomic E-state index is 12.5. The molecule has 2 aromatic rings. The van der Waals surface area contributed by atoms with Gasteiger partial charge in [0.1, 0.15) is 18.7 Å². The fourth-order valence-corrected chi connectivity index (χ4v) is 2.85. The molecule has 1 heterocycles. The van der Waals surface area contributed by atoms with Crippen molar-refractivity contribution in [2.75, 3.05) is 0 Å². The molecule has 1 N–H and O–H groups in total. The lowest BCUT2D eigenvalue weighted by Gasteiger charge is -2.15. The van der Waals surface area contributed by atoms with Crippen molar-refractivity contribution >= 4 is 5.91 Å². The number of nitrogens with one attached hydrogen (secondary N) is 1. The molecule has 5 nitrogen and oxygen atoms in total. The van der Waals surface area contributed by atoms with E-state index >= 15 is 0 Å². The zero-order chi connectivity index (χ0) is 16.1. The normalized spacial score (nSPS) is 14.7. The number of nitrogens with zero attached hydrogens (tertiary/aromatic N) is 2. The SMILES string of the molecule is Cc1cc(COc2ccccc2C(=O)NC2CCCC2)ncn1. The summed E-state index contributed by atoms with van der Waals surface area (Å²) in [6.45, 7) is 2.23. The van der Waals surface area contributed by atoms with Crippen LogP contribution >= 0.6 is 0 Å². The number of rotatable bonds is 5. The van der Waals surface area contributed by atoms with Gasteiger partial charge < -0.3 is 10.1 Å². The molecule has 1 saturated carbocycles. The van der Waals surface area contributed by atoms with Gasteiger partial charge in [-0.1, -0.05) is 25.0 Å². The Morgan fingerprint density at radius 3 is 2.83 bits per heavy atom. The Balaban J connectivity index is 1.68. The van der Waals surface area contributed by atoms with E-state index in [-0.39, 0.29) is 5.91 Å². The third-order valence-corrected chi connectivity index (χ3v) is 4.06. The summed E-state index contributed by atoms with van der Waals surface area (Å²) in [5.41, 5.74) is 2.26. The van der Waals surface area contributed by atoms with Crippen molar-refractivity contribution < 1.29 is 9.53 Å². The molecule has 1 aromatic heterocycles. The van der Waals surface area contributed by atoms with Gasteiger partial charge in [0.2, 0.25) is 0 Å². The average molecular weight is 311 g/mol. The largest absolute Gasteiger partial charge is 0.486 e. The Hall–Kier alpha value is -2.43. The maximum Gasteiger partial charge on any atom is 0.255 e. The lowest BCUT2D eigenvalue weighted by atomic mass is 10.1. The number of aromatic nitrogens is 2. The molecule has 1 amide bonds. The van der Waals surface area contributed by atoms with Crippen LogP contribution in [0.5, 0.6) is 5.75 Å². The van der Waals surface area contributed by atoms with Crippen LogP contribution in [0.25, 0.3) is 0 Å². The maximum absolute atomic E-state index is 12.5. The van der Waals surface area contributed by atoms with Gasteiger partial charge in [0.05, 0.1) is 11.3 Å². The van der Waals surface area contributed by atoms with Crippen LogP contribution in [0.15, 0.2) is 36.7 Å². The fourth-order valence-electron chi connectivity index (χ4n) is 2.85. The first-order valence-electron chi connectivity index (χ1n) is 8.02. The predicted octanol–water partition coefficient (Wildman–Crippen LogP) is 3.04. The summed E-state index contributed by atoms with van der Waals surface area (Å²) in [6, 6.07) is 9.50. The number of para-hydroxylation sites is 1. The molecule has 1 fully saturated rings. The number of aryl methyl sites for hydroxylation is 1. The van der Waals surface area contributed by atoms with E-state index in [4.69, 9.17) is 4.74 Å². The summed E-state index contributed by atoms with van der Waals surface area (Å²) in [7, 11) is 0. The van der Waals surface area contributed by atoms with E-state index in [1.54, 1.807) is 6.07 Å². The fraction of sp³-hybridized carbons (Fsp3) is 0.389. The zero-order valence-corrected chi connectivity index (χ0v) is 13.3. The lowest BCUT2D eigenvalue weighted by Crippen LogP contribution is -2.32. The summed E-state index contributed by atoms with van der Waals surface area (Å²) in [4.78, 5) is 20.7. The first kappa shape index (κ1) is 15.5. The molecule has 5 heteroatoms. The van der Waals surface area contributed by atoms with Crippen molar-refractivity contribution in [2.24, 2.45) is 0 Å². The van der Waals surface area contributed by atoms with Crippen molar-refractivity contribution in [2.45, 2.75) is 45.3 Å². The highest BCUT2D eigenvalue weighted by Crippen LogP contribution is 2.22. The van der Waals surface area contributed by atoms with Crippen LogP contribution < -0.4 is 10.1 Å². The van der Waals surface area contributed by atoms with Crippen LogP contribution in [-0.4, -0.2) is 21.9 Å². The molecule has 1 aliphatic carbocycles. The van der Waals surface area contributed by atoms with Crippen molar-refractivity contribution in [3.8, 4) is 5.75 Å². The molecular weight excluding hydrogens is 290 g/mol. The second kappa shape index (κ2) is 7.22. The molecule has 3 rings (SSSR count). The number of hydrogen-bond donors (Lipinski definition) is 1. The number of amides is 1. The molecule has 0 unspecified atom stereocenters. The van der Waals surface area contributed by atoms with Gasteiger partial charge in [-0.25, -0.2) is 9.97 Å². The number of carbonyl (C=O) groups is 1. The Labute approximate surface area is 136 Å². The van der Waals surface area contributed by atoms with Gasteiger partial charge >= 0.3 is 0 Å². The average Bonchev–Trinajstić information content (AvgIpc) is 3.06. The number of benzene rings is 1. The van der Waals surface area contributed by atoms with Crippen molar-refractivity contribution in [1.82, 2.24) is 15.3 Å². The number of carbonyl (C=O) groups excluding carboxylic acids is 1. The third kappa shape index (κ3) is 4.06. The van der Waals surface area contributed by atoms with Gasteiger partial charge in [-0.15, -0.1) is 0 Å². The molecule has 0 radical (unpaired) electrons. The molecular formula is C18H21N3O2. The van der Waals surface area contributed by atoms with Crippen LogP contribution in [-0.2, 0) is 6.61 Å². The zero-order valence-electron chi connectivity index (χ0n) is 13.3. The lowest BCUT2D eigenvalue weighted by molar-refractivity contribution is 0.0933. The third-order valence-electron chi connectivity index (χ3n) is 4.06. The first-order valence-corrected chi connectivity index (χ1v) is 8.02. The summed E-state index contributed by atoms with van der Waals surface area (Å²) in [6.07, 6.45) is 6.03. The first-order chi connectivity index (χ1) is 11.2. The van der Waals surface area contributed by atoms with Gasteiger partial charge in [0.15, 0.2) is 0 Å². The van der Waals surface area contributed by atoms with E-state index in [0.29, 0.717) is 24.0 Å². The Morgan fingerprint density at radius 1 is 1.26 bits per heavy atom. The van der Waals surface area contributed by atoms with Gasteiger partial charge in [0.25, 0.3) is 5.91 Å². The van der Waals surface area contributed by atoms with Gasteiger partial charge in [-0.3, -0.25) is 4.79 Å². The van der Waals surface area contributed by atoms with Crippen LogP contribution in [0.1, 0.15) is 47.4 Å². The minimum absolute atomic E-state index is 0.0635. The second-order valence-corrected chi connectivity index (χ2v) is 5.89. The van der Waals surface area contributed by atoms with Crippen LogP contribution in [0.4, 0.5) is 0 Å². The highest BCUT2D eigenvalue weighted by Gasteiger charge is 2.20. The molecule has 1 aliphatic rings. The summed E-state index contributed by atoms with van der Waals surface area (Å²) in [5, 5.41) is 3.10. The topological polar surface area (TPSA) is 64.1 Å². The molecule has 0 spiro atoms. The van der Waals surface area contributed by atoms with E-state index in [1.165, 1.54) is 19.2 Å². The Bertz CT molecular complexity index is 681. The highest BCUT2D eigenvalue weighted by atomic mass is 16.5. The van der Waals surface area contributed by atoms with E-state index in [1.807, 2.05) is 31.2 Å². The monoisotopic (exact) mass is 311 g/mol. The van der Waals surface area contributed by atoms with E-state index in [0.717, 1.165) is 24.2 Å². The quantitative estimate of drug-likeness (QED) is 0.922. The Morgan fingerprint density at radius 2 is 2.04 bits per heavy atom. The molecule has 23 heavy (non-hydrogen) atoms. The molecule has 0 atom stereocenters. The number of ether oxygens (including phenoxy) is 1. The van der Waals surface area contributed by atoms with Crippen LogP contribution in [0.3, 0.4) is 0 Å². The smallest absolute Gasteiger partial charge is 0.255 e. The van der Waals surface area contributed by atoms with Crippen LogP contribution in [0, 0.1) is 6.92 Å². The predicted molar refractivity (Wildman–Crippen MR) is 87.3 cm³/mol. The molecule has 0 aliphatic heterocycles. The number of hydrogen-bond acceptors (Lipinski definition) is 4. The van der Waals surface area contributed by atoms with Gasteiger partial charge in [-0.2, -0.15) is 0 Å². The van der Waals surface area contributed by atoms with Gasteiger partial charge in [0, 0.05) is 11.7 Å². The van der Waals surface area contributed by atoms with E-state index in [9.17, 15) is 4.79 Å². The van der Waals surface area contributed by atoms with Gasteiger partial charge in [-0.05, 0) is 38.0 Å². The van der Waals surface area contributed by atoms with Crippen molar-refractivity contribution in [3.63, 3.8) is 0 Å². The van der Waals surface area contributed by atoms with Crippen LogP contribution in [0.2, 0.25) is 0 Å². The molecule has 0 bridgehead atoms. The highest BCUT2D eigenvalue weighted by molar-refractivity contribution is 5.97. The molecule has 0 saturated heterocycles. The molecule has 120 valence electrons. The Kier molecular flexibility index (Phi) is 4.86. The minimum atomic E-state index is -0.0635. The van der Waals surface area contributed by atoms with Crippen molar-refractivity contribution in [3.05, 3.63) is 53.6 Å².